The largest absolute Gasteiger partial charge is 0.383 e. The van der Waals surface area contributed by atoms with Gasteiger partial charge in [0.2, 0.25) is 5.91 Å². The van der Waals surface area contributed by atoms with Crippen molar-refractivity contribution in [1.82, 2.24) is 5.32 Å². The molecule has 0 aromatic heterocycles. The first kappa shape index (κ1) is 6.13. The predicted molar refractivity (Wildman–Crippen MR) is 33.2 cm³/mol. The number of carbonyl (C=O) groups excluding carboxylic acids is 1. The number of carbonyl (C=O) groups is 1. The van der Waals surface area contributed by atoms with Crippen molar-refractivity contribution in [2.45, 2.75) is 12.8 Å². The fourth-order valence-electron chi connectivity index (χ4n) is 0.770. The van der Waals surface area contributed by atoms with E-state index in [1.165, 1.54) is 0 Å². The first-order chi connectivity index (χ1) is 4.30. The van der Waals surface area contributed by atoms with E-state index < -0.39 is 0 Å². The highest BCUT2D eigenvalue weighted by molar-refractivity contribution is 5.91. The quantitative estimate of drug-likeness (QED) is 0.498. The maximum atomic E-state index is 10.4. The molecule has 1 aliphatic rings. The van der Waals surface area contributed by atoms with Crippen LogP contribution in [0.15, 0.2) is 5.57 Å². The standard InChI is InChI=1S/C6H9N2O/c7-6(9)5-2-1-3-8-4-5/h8H,1-3H2,(H2,7,9). The number of hydrogen-bond acceptors (Lipinski definition) is 2. The number of rotatable bonds is 1. The van der Waals surface area contributed by atoms with Crippen LogP contribution in [0.2, 0.25) is 0 Å². The molecule has 0 atom stereocenters. The summed E-state index contributed by atoms with van der Waals surface area (Å²) in [5, 5.41) is 2.83. The van der Waals surface area contributed by atoms with Crippen molar-refractivity contribution in [3.63, 3.8) is 0 Å². The van der Waals surface area contributed by atoms with E-state index in [0.717, 1.165) is 19.4 Å². The molecule has 0 aliphatic carbocycles. The second-order valence-corrected chi connectivity index (χ2v) is 2.00. The van der Waals surface area contributed by atoms with Crippen LogP contribution < -0.4 is 11.1 Å². The molecule has 3 heteroatoms. The lowest BCUT2D eigenvalue weighted by Crippen LogP contribution is -2.22. The number of nitrogens with one attached hydrogen (secondary N) is 1. The minimum Gasteiger partial charge on any atom is -0.383 e. The molecular formula is C6H9N2O. The first-order valence-electron chi connectivity index (χ1n) is 2.95. The Kier molecular flexibility index (Phi) is 1.72. The van der Waals surface area contributed by atoms with E-state index in [2.05, 4.69) is 11.5 Å². The molecule has 1 radical (unpaired) electrons. The van der Waals surface area contributed by atoms with E-state index in [0.29, 0.717) is 5.57 Å². The van der Waals surface area contributed by atoms with Gasteiger partial charge in [0.05, 0.1) is 6.20 Å². The molecule has 0 unspecified atom stereocenters. The summed E-state index contributed by atoms with van der Waals surface area (Å²) in [5.41, 5.74) is 5.57. The second kappa shape index (κ2) is 2.53. The van der Waals surface area contributed by atoms with Gasteiger partial charge in [-0.1, -0.05) is 0 Å². The third-order valence-corrected chi connectivity index (χ3v) is 1.27. The number of amides is 1. The van der Waals surface area contributed by atoms with Crippen LogP contribution in [0.5, 0.6) is 0 Å². The lowest BCUT2D eigenvalue weighted by atomic mass is 10.1. The molecule has 0 fully saturated rings. The molecule has 0 saturated carbocycles. The predicted octanol–water partition coefficient (Wildman–Crippen LogP) is -0.458. The van der Waals surface area contributed by atoms with Crippen molar-refractivity contribution in [2.75, 3.05) is 6.54 Å². The van der Waals surface area contributed by atoms with Gasteiger partial charge in [0.15, 0.2) is 0 Å². The van der Waals surface area contributed by atoms with Gasteiger partial charge in [-0.25, -0.2) is 0 Å². The van der Waals surface area contributed by atoms with E-state index in [1.807, 2.05) is 0 Å². The van der Waals surface area contributed by atoms with Crippen molar-refractivity contribution >= 4 is 5.91 Å². The van der Waals surface area contributed by atoms with Crippen LogP contribution in [0.3, 0.4) is 0 Å². The molecular weight excluding hydrogens is 116 g/mol. The summed E-state index contributed by atoms with van der Waals surface area (Å²) < 4.78 is 0. The summed E-state index contributed by atoms with van der Waals surface area (Å²) >= 11 is 0. The third kappa shape index (κ3) is 1.45. The smallest absolute Gasteiger partial charge is 0.246 e. The van der Waals surface area contributed by atoms with Crippen molar-refractivity contribution in [1.29, 1.82) is 0 Å². The summed E-state index contributed by atoms with van der Waals surface area (Å²) in [6.45, 7) is 0.900. The summed E-state index contributed by atoms with van der Waals surface area (Å²) in [6.07, 6.45) is 4.45. The Hall–Kier alpha value is -0.990. The van der Waals surface area contributed by atoms with Crippen LogP contribution in [0.25, 0.3) is 0 Å². The van der Waals surface area contributed by atoms with E-state index in [1.54, 1.807) is 0 Å². The van der Waals surface area contributed by atoms with Gasteiger partial charge in [-0.15, -0.1) is 0 Å². The minimum atomic E-state index is -0.359. The van der Waals surface area contributed by atoms with E-state index >= 15 is 0 Å². The van der Waals surface area contributed by atoms with E-state index in [-0.39, 0.29) is 5.91 Å². The fraction of sp³-hybridized carbons (Fsp3) is 0.500. The molecule has 9 heavy (non-hydrogen) atoms. The zero-order chi connectivity index (χ0) is 6.69. The molecule has 49 valence electrons. The van der Waals surface area contributed by atoms with E-state index in [4.69, 9.17) is 5.73 Å². The van der Waals surface area contributed by atoms with Gasteiger partial charge in [-0.3, -0.25) is 4.79 Å². The summed E-state index contributed by atoms with van der Waals surface area (Å²) in [5.74, 6) is -0.359. The average molecular weight is 125 g/mol. The minimum absolute atomic E-state index is 0.359. The highest BCUT2D eigenvalue weighted by Gasteiger charge is 2.07. The third-order valence-electron chi connectivity index (χ3n) is 1.27. The maximum absolute atomic E-state index is 10.4. The first-order valence-corrected chi connectivity index (χ1v) is 2.95. The highest BCUT2D eigenvalue weighted by Crippen LogP contribution is 2.05. The summed E-state index contributed by atoms with van der Waals surface area (Å²) in [7, 11) is 0. The lowest BCUT2D eigenvalue weighted by Gasteiger charge is -2.09. The van der Waals surface area contributed by atoms with Gasteiger partial charge in [-0.05, 0) is 12.8 Å². The molecule has 0 aromatic rings. The van der Waals surface area contributed by atoms with Crippen molar-refractivity contribution in [2.24, 2.45) is 5.73 Å². The normalized spacial score (nSPS) is 18.0. The molecule has 1 aliphatic heterocycles. The molecule has 1 heterocycles. The van der Waals surface area contributed by atoms with Gasteiger partial charge in [-0.2, -0.15) is 0 Å². The number of primary amides is 1. The Bertz CT molecular complexity index is 151. The van der Waals surface area contributed by atoms with Crippen LogP contribution in [-0.2, 0) is 4.79 Å². The molecule has 1 amide bonds. The topological polar surface area (TPSA) is 55.1 Å². The molecule has 0 spiro atoms. The number of hydrogen-bond donors (Lipinski definition) is 2. The van der Waals surface area contributed by atoms with Crippen molar-refractivity contribution in [3.05, 3.63) is 11.8 Å². The molecule has 3 N–H and O–H groups in total. The van der Waals surface area contributed by atoms with Gasteiger partial charge in [0.1, 0.15) is 0 Å². The Labute approximate surface area is 53.9 Å². The van der Waals surface area contributed by atoms with Gasteiger partial charge in [0.25, 0.3) is 0 Å². The van der Waals surface area contributed by atoms with Crippen LogP contribution in [0.4, 0.5) is 0 Å². The van der Waals surface area contributed by atoms with Gasteiger partial charge < -0.3 is 11.1 Å². The van der Waals surface area contributed by atoms with Crippen LogP contribution in [-0.4, -0.2) is 12.5 Å². The summed E-state index contributed by atoms with van der Waals surface area (Å²) in [4.78, 5) is 10.4. The Morgan fingerprint density at radius 2 is 2.56 bits per heavy atom. The van der Waals surface area contributed by atoms with Crippen molar-refractivity contribution in [3.8, 4) is 0 Å². The second-order valence-electron chi connectivity index (χ2n) is 2.00. The van der Waals surface area contributed by atoms with Crippen LogP contribution >= 0.6 is 0 Å². The molecule has 0 bridgehead atoms. The SMILES string of the molecule is NC(=O)C1=[C]NCCC1. The maximum Gasteiger partial charge on any atom is 0.246 e. The molecule has 0 aromatic carbocycles. The zero-order valence-corrected chi connectivity index (χ0v) is 5.11. The average Bonchev–Trinajstić information content (AvgIpc) is 1.90. The Balaban J connectivity index is 2.57. The highest BCUT2D eigenvalue weighted by atomic mass is 16.1. The monoisotopic (exact) mass is 125 g/mol. The van der Waals surface area contributed by atoms with Crippen LogP contribution in [0, 0.1) is 6.20 Å². The lowest BCUT2D eigenvalue weighted by molar-refractivity contribution is -0.114. The molecule has 3 nitrogen and oxygen atoms in total. The zero-order valence-electron chi connectivity index (χ0n) is 5.11. The van der Waals surface area contributed by atoms with Crippen LogP contribution in [0.1, 0.15) is 12.8 Å². The number of nitrogens with two attached hydrogens (primary N) is 1. The fourth-order valence-corrected chi connectivity index (χ4v) is 0.770. The van der Waals surface area contributed by atoms with E-state index in [9.17, 15) is 4.79 Å². The summed E-state index contributed by atoms with van der Waals surface area (Å²) in [6, 6.07) is 0. The van der Waals surface area contributed by atoms with Crippen molar-refractivity contribution < 1.29 is 4.79 Å². The molecule has 0 saturated heterocycles. The molecule has 1 rings (SSSR count). The Morgan fingerprint density at radius 3 is 2.89 bits per heavy atom. The van der Waals surface area contributed by atoms with Gasteiger partial charge in [0, 0.05) is 12.1 Å². The van der Waals surface area contributed by atoms with Gasteiger partial charge >= 0.3 is 0 Å². The Morgan fingerprint density at radius 1 is 1.78 bits per heavy atom.